The molecular weight excluding hydrogens is 274 g/mol. The summed E-state index contributed by atoms with van der Waals surface area (Å²) in [6, 6.07) is 1.81. The summed E-state index contributed by atoms with van der Waals surface area (Å²) in [7, 11) is 0. The first-order chi connectivity index (χ1) is 10.0. The van der Waals surface area contributed by atoms with E-state index in [2.05, 4.69) is 21.0 Å². The van der Waals surface area contributed by atoms with Crippen LogP contribution in [0.4, 0.5) is 10.6 Å². The van der Waals surface area contributed by atoms with Crippen LogP contribution in [0, 0.1) is 6.92 Å². The van der Waals surface area contributed by atoms with Crippen LogP contribution in [0.3, 0.4) is 0 Å². The van der Waals surface area contributed by atoms with E-state index in [-0.39, 0.29) is 18.6 Å². The Bertz CT molecular complexity index is 528. The average molecular weight is 295 g/mol. The van der Waals surface area contributed by atoms with Gasteiger partial charge in [0.25, 0.3) is 0 Å². The van der Waals surface area contributed by atoms with Crippen molar-refractivity contribution in [2.24, 2.45) is 0 Å². The van der Waals surface area contributed by atoms with Crippen LogP contribution in [0.1, 0.15) is 38.7 Å². The summed E-state index contributed by atoms with van der Waals surface area (Å²) in [6.07, 6.45) is 0.244. The van der Waals surface area contributed by atoms with E-state index < -0.39 is 12.4 Å². The van der Waals surface area contributed by atoms with E-state index in [1.165, 1.54) is 0 Å². The van der Waals surface area contributed by atoms with Crippen LogP contribution in [-0.2, 0) is 9.53 Å². The molecular formula is C13H21N5O3. The Morgan fingerprint density at radius 3 is 3.00 bits per heavy atom. The van der Waals surface area contributed by atoms with Gasteiger partial charge in [0.15, 0.2) is 6.29 Å². The van der Waals surface area contributed by atoms with E-state index in [0.29, 0.717) is 12.2 Å². The van der Waals surface area contributed by atoms with Crippen molar-refractivity contribution in [2.75, 3.05) is 11.9 Å². The fraction of sp³-hybridized carbons (Fsp3) is 0.615. The van der Waals surface area contributed by atoms with Crippen LogP contribution < -0.4 is 16.0 Å². The molecule has 1 aromatic rings. The highest BCUT2D eigenvalue weighted by Gasteiger charge is 2.28. The highest BCUT2D eigenvalue weighted by atomic mass is 16.5. The van der Waals surface area contributed by atoms with E-state index in [9.17, 15) is 9.59 Å². The molecule has 21 heavy (non-hydrogen) atoms. The number of carbonyl (C=O) groups is 2. The molecule has 2 heterocycles. The molecule has 3 N–H and O–H groups in total. The monoisotopic (exact) mass is 295 g/mol. The molecule has 1 aliphatic rings. The molecule has 1 aliphatic heterocycles. The fourth-order valence-electron chi connectivity index (χ4n) is 2.23. The number of amides is 2. The Morgan fingerprint density at radius 1 is 1.57 bits per heavy atom. The summed E-state index contributed by atoms with van der Waals surface area (Å²) in [6.45, 7) is 5.85. The van der Waals surface area contributed by atoms with Crippen molar-refractivity contribution in [2.45, 2.75) is 45.9 Å². The zero-order valence-electron chi connectivity index (χ0n) is 12.5. The molecule has 1 aromatic heterocycles. The van der Waals surface area contributed by atoms with Crippen molar-refractivity contribution in [3.8, 4) is 0 Å². The standard InChI is InChI=1S/C13H21N5O3/c1-4-9-7-11(19)16-12(14-9)18-10(6-8(3)17-18)15-13(20)21-5-2/h6,9,12,14H,4-5,7H2,1-3H3,(H,15,20)(H,16,19). The number of rotatable bonds is 4. The first-order valence-electron chi connectivity index (χ1n) is 7.08. The van der Waals surface area contributed by atoms with Crippen molar-refractivity contribution in [1.29, 1.82) is 0 Å². The van der Waals surface area contributed by atoms with Crippen LogP contribution >= 0.6 is 0 Å². The Morgan fingerprint density at radius 2 is 2.33 bits per heavy atom. The van der Waals surface area contributed by atoms with Gasteiger partial charge in [0.2, 0.25) is 5.91 Å². The molecule has 2 amide bonds. The smallest absolute Gasteiger partial charge is 0.412 e. The third-order valence-electron chi connectivity index (χ3n) is 3.22. The molecule has 0 bridgehead atoms. The predicted molar refractivity (Wildman–Crippen MR) is 76.6 cm³/mol. The molecule has 8 heteroatoms. The number of anilines is 1. The van der Waals surface area contributed by atoms with E-state index in [1.54, 1.807) is 17.7 Å². The largest absolute Gasteiger partial charge is 0.450 e. The third kappa shape index (κ3) is 3.72. The van der Waals surface area contributed by atoms with Crippen molar-refractivity contribution in [3.63, 3.8) is 0 Å². The Kier molecular flexibility index (Phi) is 4.79. The molecule has 0 spiro atoms. The van der Waals surface area contributed by atoms with E-state index >= 15 is 0 Å². The van der Waals surface area contributed by atoms with Gasteiger partial charge in [-0.1, -0.05) is 6.92 Å². The highest BCUT2D eigenvalue weighted by molar-refractivity contribution is 5.83. The van der Waals surface area contributed by atoms with Gasteiger partial charge in [-0.2, -0.15) is 5.10 Å². The van der Waals surface area contributed by atoms with Gasteiger partial charge in [0.05, 0.1) is 12.3 Å². The SMILES string of the molecule is CCOC(=O)Nc1cc(C)nn1C1NC(=O)CC(CC)N1. The number of hydrogen-bond donors (Lipinski definition) is 3. The summed E-state index contributed by atoms with van der Waals surface area (Å²) in [5, 5.41) is 13.0. The van der Waals surface area contributed by atoms with Gasteiger partial charge in [-0.25, -0.2) is 9.48 Å². The predicted octanol–water partition coefficient (Wildman–Crippen LogP) is 1.10. The second-order valence-corrected chi connectivity index (χ2v) is 4.91. The Labute approximate surface area is 123 Å². The molecule has 2 atom stereocenters. The molecule has 8 nitrogen and oxygen atoms in total. The van der Waals surface area contributed by atoms with Crippen molar-refractivity contribution >= 4 is 17.8 Å². The lowest BCUT2D eigenvalue weighted by Gasteiger charge is -2.31. The number of hydrogen-bond acceptors (Lipinski definition) is 5. The fourth-order valence-corrected chi connectivity index (χ4v) is 2.23. The average Bonchev–Trinajstić information content (AvgIpc) is 2.79. The van der Waals surface area contributed by atoms with Gasteiger partial charge in [-0.05, 0) is 20.3 Å². The third-order valence-corrected chi connectivity index (χ3v) is 3.22. The molecule has 2 unspecified atom stereocenters. The maximum atomic E-state index is 11.8. The molecule has 2 rings (SSSR count). The summed E-state index contributed by atoms with van der Waals surface area (Å²) in [5.74, 6) is 0.432. The summed E-state index contributed by atoms with van der Waals surface area (Å²) in [4.78, 5) is 23.3. The van der Waals surface area contributed by atoms with Crippen LogP contribution in [0.25, 0.3) is 0 Å². The number of nitrogens with one attached hydrogen (secondary N) is 3. The number of nitrogens with zero attached hydrogens (tertiary/aromatic N) is 2. The molecule has 116 valence electrons. The summed E-state index contributed by atoms with van der Waals surface area (Å²) >= 11 is 0. The number of aryl methyl sites for hydroxylation is 1. The molecule has 1 saturated heterocycles. The van der Waals surface area contributed by atoms with Crippen LogP contribution in [0.15, 0.2) is 6.07 Å². The maximum Gasteiger partial charge on any atom is 0.412 e. The van der Waals surface area contributed by atoms with Gasteiger partial charge in [-0.3, -0.25) is 15.4 Å². The van der Waals surface area contributed by atoms with Crippen molar-refractivity contribution in [1.82, 2.24) is 20.4 Å². The van der Waals surface area contributed by atoms with Crippen molar-refractivity contribution in [3.05, 3.63) is 11.8 Å². The normalized spacial score (nSPS) is 21.8. The lowest BCUT2D eigenvalue weighted by Crippen LogP contribution is -2.53. The van der Waals surface area contributed by atoms with Crippen molar-refractivity contribution < 1.29 is 14.3 Å². The van der Waals surface area contributed by atoms with Gasteiger partial charge in [0, 0.05) is 18.5 Å². The quantitative estimate of drug-likeness (QED) is 0.773. The van der Waals surface area contributed by atoms with E-state index in [0.717, 1.165) is 12.1 Å². The molecule has 0 saturated carbocycles. The summed E-state index contributed by atoms with van der Waals surface area (Å²) in [5.41, 5.74) is 0.733. The number of aromatic nitrogens is 2. The van der Waals surface area contributed by atoms with Crippen LogP contribution in [0.5, 0.6) is 0 Å². The van der Waals surface area contributed by atoms with Crippen LogP contribution in [-0.4, -0.2) is 34.4 Å². The molecule has 0 radical (unpaired) electrons. The second-order valence-electron chi connectivity index (χ2n) is 4.91. The highest BCUT2D eigenvalue weighted by Crippen LogP contribution is 2.18. The molecule has 0 aliphatic carbocycles. The Balaban J connectivity index is 2.18. The Hall–Kier alpha value is -2.09. The maximum absolute atomic E-state index is 11.8. The van der Waals surface area contributed by atoms with Gasteiger partial charge in [-0.15, -0.1) is 0 Å². The van der Waals surface area contributed by atoms with Gasteiger partial charge >= 0.3 is 6.09 Å². The first-order valence-corrected chi connectivity index (χ1v) is 7.08. The zero-order valence-corrected chi connectivity index (χ0v) is 12.5. The molecule has 0 aromatic carbocycles. The van der Waals surface area contributed by atoms with Gasteiger partial charge < -0.3 is 10.1 Å². The first kappa shape index (κ1) is 15.3. The van der Waals surface area contributed by atoms with E-state index in [1.807, 2.05) is 13.8 Å². The minimum atomic E-state index is -0.548. The molecule has 1 fully saturated rings. The van der Waals surface area contributed by atoms with Crippen LogP contribution in [0.2, 0.25) is 0 Å². The second kappa shape index (κ2) is 6.57. The number of ether oxygens (including phenoxy) is 1. The lowest BCUT2D eigenvalue weighted by atomic mass is 10.1. The van der Waals surface area contributed by atoms with E-state index in [4.69, 9.17) is 4.74 Å². The minimum absolute atomic E-state index is 0.0409. The lowest BCUT2D eigenvalue weighted by molar-refractivity contribution is -0.125. The van der Waals surface area contributed by atoms with Gasteiger partial charge in [0.1, 0.15) is 5.82 Å². The summed E-state index contributed by atoms with van der Waals surface area (Å²) < 4.78 is 6.41. The topological polar surface area (TPSA) is 97.3 Å². The number of carbonyl (C=O) groups excluding carboxylic acids is 2. The minimum Gasteiger partial charge on any atom is -0.450 e. The zero-order chi connectivity index (χ0) is 15.4.